The van der Waals surface area contributed by atoms with Crippen molar-refractivity contribution in [3.05, 3.63) is 28.2 Å². The standard InChI is InChI=1S/C16H26BrNO/c1-5-7-8-14(6-2)18-12(3)13-9-10-16(19-4)15(17)11-13/h9-12,14,18H,5-8H2,1-4H3. The minimum atomic E-state index is 0.365. The van der Waals surface area contributed by atoms with E-state index in [-0.39, 0.29) is 0 Å². The Hall–Kier alpha value is -0.540. The molecular formula is C16H26BrNO. The average Bonchev–Trinajstić information content (AvgIpc) is 2.43. The zero-order valence-corrected chi connectivity index (χ0v) is 14.1. The van der Waals surface area contributed by atoms with Gasteiger partial charge in [0.2, 0.25) is 0 Å². The third-order valence-electron chi connectivity index (χ3n) is 3.56. The molecule has 0 heterocycles. The summed E-state index contributed by atoms with van der Waals surface area (Å²) in [5, 5.41) is 3.72. The summed E-state index contributed by atoms with van der Waals surface area (Å²) in [6, 6.07) is 7.27. The van der Waals surface area contributed by atoms with Crippen molar-refractivity contribution in [1.29, 1.82) is 0 Å². The lowest BCUT2D eigenvalue weighted by Crippen LogP contribution is -2.31. The van der Waals surface area contributed by atoms with Gasteiger partial charge < -0.3 is 10.1 Å². The highest BCUT2D eigenvalue weighted by Crippen LogP contribution is 2.28. The van der Waals surface area contributed by atoms with Crippen LogP contribution >= 0.6 is 15.9 Å². The van der Waals surface area contributed by atoms with E-state index < -0.39 is 0 Å². The molecule has 2 unspecified atom stereocenters. The molecule has 2 nitrogen and oxygen atoms in total. The SMILES string of the molecule is CCCCC(CC)NC(C)c1ccc(OC)c(Br)c1. The predicted octanol–water partition coefficient (Wildman–Crippen LogP) is 5.08. The highest BCUT2D eigenvalue weighted by Gasteiger charge is 2.12. The molecule has 2 atom stereocenters. The van der Waals surface area contributed by atoms with Crippen LogP contribution < -0.4 is 10.1 Å². The molecule has 0 radical (unpaired) electrons. The van der Waals surface area contributed by atoms with Gasteiger partial charge in [-0.25, -0.2) is 0 Å². The second kappa shape index (κ2) is 8.60. The van der Waals surface area contributed by atoms with Crippen LogP contribution in [0.3, 0.4) is 0 Å². The summed E-state index contributed by atoms with van der Waals surface area (Å²) in [5.74, 6) is 0.883. The van der Waals surface area contributed by atoms with Gasteiger partial charge in [-0.15, -0.1) is 0 Å². The van der Waals surface area contributed by atoms with E-state index in [9.17, 15) is 0 Å². The Morgan fingerprint density at radius 2 is 2.05 bits per heavy atom. The summed E-state index contributed by atoms with van der Waals surface area (Å²) in [6.07, 6.45) is 5.00. The van der Waals surface area contributed by atoms with Crippen molar-refractivity contribution in [3.8, 4) is 5.75 Å². The van der Waals surface area contributed by atoms with E-state index in [4.69, 9.17) is 4.74 Å². The maximum absolute atomic E-state index is 5.27. The number of rotatable bonds is 8. The number of unbranched alkanes of at least 4 members (excludes halogenated alkanes) is 1. The van der Waals surface area contributed by atoms with Crippen molar-refractivity contribution in [2.75, 3.05) is 7.11 Å². The molecule has 1 aromatic rings. The normalized spacial score (nSPS) is 14.2. The van der Waals surface area contributed by atoms with E-state index in [1.165, 1.54) is 31.2 Å². The van der Waals surface area contributed by atoms with Gasteiger partial charge in [-0.2, -0.15) is 0 Å². The summed E-state index contributed by atoms with van der Waals surface area (Å²) < 4.78 is 6.28. The second-order valence-electron chi connectivity index (χ2n) is 5.03. The maximum atomic E-state index is 5.27. The quantitative estimate of drug-likeness (QED) is 0.719. The molecule has 108 valence electrons. The molecule has 0 aromatic heterocycles. The topological polar surface area (TPSA) is 21.3 Å². The lowest BCUT2D eigenvalue weighted by atomic mass is 10.0. The molecule has 3 heteroatoms. The van der Waals surface area contributed by atoms with Crippen LogP contribution in [0.1, 0.15) is 58.1 Å². The summed E-state index contributed by atoms with van der Waals surface area (Å²) in [4.78, 5) is 0. The monoisotopic (exact) mass is 327 g/mol. The Morgan fingerprint density at radius 1 is 1.32 bits per heavy atom. The fraction of sp³-hybridized carbons (Fsp3) is 0.625. The summed E-state index contributed by atoms with van der Waals surface area (Å²) in [6.45, 7) is 6.73. The Balaban J connectivity index is 2.65. The van der Waals surface area contributed by atoms with Crippen LogP contribution in [0, 0.1) is 0 Å². The molecular weight excluding hydrogens is 302 g/mol. The molecule has 0 fully saturated rings. The first-order valence-electron chi connectivity index (χ1n) is 7.21. The molecule has 0 amide bonds. The molecule has 0 saturated heterocycles. The molecule has 0 aliphatic carbocycles. The van der Waals surface area contributed by atoms with E-state index in [1.54, 1.807) is 7.11 Å². The van der Waals surface area contributed by atoms with Gasteiger partial charge in [-0.3, -0.25) is 0 Å². The first-order chi connectivity index (χ1) is 9.12. The number of halogens is 1. The maximum Gasteiger partial charge on any atom is 0.133 e. The van der Waals surface area contributed by atoms with Gasteiger partial charge in [0.1, 0.15) is 5.75 Å². The lowest BCUT2D eigenvalue weighted by Gasteiger charge is -2.23. The molecule has 0 bridgehead atoms. The number of benzene rings is 1. The Kier molecular flexibility index (Phi) is 7.47. The van der Waals surface area contributed by atoms with E-state index in [0.29, 0.717) is 12.1 Å². The third-order valence-corrected chi connectivity index (χ3v) is 4.18. The number of hydrogen-bond acceptors (Lipinski definition) is 2. The average molecular weight is 328 g/mol. The largest absolute Gasteiger partial charge is 0.496 e. The number of nitrogens with one attached hydrogen (secondary N) is 1. The number of ether oxygens (including phenoxy) is 1. The minimum Gasteiger partial charge on any atom is -0.496 e. The zero-order valence-electron chi connectivity index (χ0n) is 12.5. The molecule has 19 heavy (non-hydrogen) atoms. The Bertz CT molecular complexity index is 381. The first-order valence-corrected chi connectivity index (χ1v) is 8.01. The van der Waals surface area contributed by atoms with Crippen LogP contribution in [0.25, 0.3) is 0 Å². The van der Waals surface area contributed by atoms with Crippen LogP contribution in [-0.2, 0) is 0 Å². The summed E-state index contributed by atoms with van der Waals surface area (Å²) in [5.41, 5.74) is 1.29. The van der Waals surface area contributed by atoms with Crippen molar-refractivity contribution >= 4 is 15.9 Å². The molecule has 0 saturated carbocycles. The second-order valence-corrected chi connectivity index (χ2v) is 5.88. The molecule has 0 spiro atoms. The van der Waals surface area contributed by atoms with Crippen LogP contribution in [0.5, 0.6) is 5.75 Å². The van der Waals surface area contributed by atoms with Gasteiger partial charge in [-0.05, 0) is 53.4 Å². The Labute approximate surface area is 126 Å². The first kappa shape index (κ1) is 16.5. The lowest BCUT2D eigenvalue weighted by molar-refractivity contribution is 0.405. The highest BCUT2D eigenvalue weighted by atomic mass is 79.9. The van der Waals surface area contributed by atoms with E-state index in [1.807, 2.05) is 6.07 Å². The predicted molar refractivity (Wildman–Crippen MR) is 85.8 cm³/mol. The molecule has 0 aliphatic heterocycles. The van der Waals surface area contributed by atoms with Crippen molar-refractivity contribution in [1.82, 2.24) is 5.32 Å². The van der Waals surface area contributed by atoms with E-state index >= 15 is 0 Å². The van der Waals surface area contributed by atoms with Gasteiger partial charge in [0.15, 0.2) is 0 Å². The third kappa shape index (κ3) is 5.15. The van der Waals surface area contributed by atoms with Gasteiger partial charge in [0, 0.05) is 12.1 Å². The Morgan fingerprint density at radius 3 is 2.58 bits per heavy atom. The van der Waals surface area contributed by atoms with Gasteiger partial charge in [0.25, 0.3) is 0 Å². The fourth-order valence-electron chi connectivity index (χ4n) is 2.26. The van der Waals surface area contributed by atoms with Crippen LogP contribution in [0.4, 0.5) is 0 Å². The van der Waals surface area contributed by atoms with Crippen molar-refractivity contribution < 1.29 is 4.74 Å². The number of methoxy groups -OCH3 is 1. The van der Waals surface area contributed by atoms with Crippen molar-refractivity contribution in [2.45, 2.75) is 58.5 Å². The molecule has 1 rings (SSSR count). The molecule has 1 aromatic carbocycles. The highest BCUT2D eigenvalue weighted by molar-refractivity contribution is 9.10. The summed E-state index contributed by atoms with van der Waals surface area (Å²) in [7, 11) is 1.69. The van der Waals surface area contributed by atoms with Crippen LogP contribution in [-0.4, -0.2) is 13.2 Å². The van der Waals surface area contributed by atoms with Crippen molar-refractivity contribution in [2.24, 2.45) is 0 Å². The minimum absolute atomic E-state index is 0.365. The van der Waals surface area contributed by atoms with Gasteiger partial charge in [-0.1, -0.05) is 32.8 Å². The summed E-state index contributed by atoms with van der Waals surface area (Å²) >= 11 is 3.55. The zero-order chi connectivity index (χ0) is 14.3. The van der Waals surface area contributed by atoms with Crippen LogP contribution in [0.2, 0.25) is 0 Å². The van der Waals surface area contributed by atoms with E-state index in [0.717, 1.165) is 10.2 Å². The fourth-order valence-corrected chi connectivity index (χ4v) is 2.82. The smallest absolute Gasteiger partial charge is 0.133 e. The number of hydrogen-bond donors (Lipinski definition) is 1. The van der Waals surface area contributed by atoms with Gasteiger partial charge in [0.05, 0.1) is 11.6 Å². The van der Waals surface area contributed by atoms with Crippen LogP contribution in [0.15, 0.2) is 22.7 Å². The van der Waals surface area contributed by atoms with Crippen molar-refractivity contribution in [3.63, 3.8) is 0 Å². The van der Waals surface area contributed by atoms with E-state index in [2.05, 4.69) is 54.2 Å². The molecule has 0 aliphatic rings. The molecule has 1 N–H and O–H groups in total. The van der Waals surface area contributed by atoms with Gasteiger partial charge >= 0.3 is 0 Å².